The summed E-state index contributed by atoms with van der Waals surface area (Å²) in [6.07, 6.45) is 3.75. The van der Waals surface area contributed by atoms with Crippen LogP contribution in [0.25, 0.3) is 0 Å². The Hall–Kier alpha value is -0.540. The molecule has 1 aromatic carbocycles. The Labute approximate surface area is 106 Å². The molecule has 0 bridgehead atoms. The van der Waals surface area contributed by atoms with Gasteiger partial charge in [0.2, 0.25) is 0 Å². The van der Waals surface area contributed by atoms with E-state index in [1.807, 2.05) is 0 Å². The van der Waals surface area contributed by atoms with Gasteiger partial charge in [0, 0.05) is 23.2 Å². The third kappa shape index (κ3) is 2.98. The quantitative estimate of drug-likeness (QED) is 0.924. The second-order valence-electron chi connectivity index (χ2n) is 4.49. The molecule has 16 heavy (non-hydrogen) atoms. The fraction of sp³-hybridized carbons (Fsp3) is 0.538. The highest BCUT2D eigenvalue weighted by molar-refractivity contribution is 9.10. The van der Waals surface area contributed by atoms with Crippen molar-refractivity contribution >= 4 is 21.6 Å². The molecule has 1 fully saturated rings. The lowest BCUT2D eigenvalue weighted by Gasteiger charge is -2.33. The van der Waals surface area contributed by atoms with Crippen molar-refractivity contribution in [1.82, 2.24) is 0 Å². The Morgan fingerprint density at radius 2 is 2.06 bits per heavy atom. The average Bonchev–Trinajstić information content (AvgIpc) is 2.30. The molecule has 1 saturated heterocycles. The summed E-state index contributed by atoms with van der Waals surface area (Å²) in [5, 5.41) is 0. The van der Waals surface area contributed by atoms with Crippen LogP contribution in [0.5, 0.6) is 0 Å². The highest BCUT2D eigenvalue weighted by Crippen LogP contribution is 2.26. The number of piperidine rings is 1. The summed E-state index contributed by atoms with van der Waals surface area (Å²) in [6, 6.07) is 8.56. The maximum Gasteiger partial charge on any atom is 0.0377 e. The molecule has 88 valence electrons. The normalized spacial score (nSPS) is 17.8. The van der Waals surface area contributed by atoms with Crippen LogP contribution < -0.4 is 10.6 Å². The number of hydrogen-bond acceptors (Lipinski definition) is 2. The van der Waals surface area contributed by atoms with Gasteiger partial charge < -0.3 is 10.6 Å². The van der Waals surface area contributed by atoms with Gasteiger partial charge in [-0.05, 0) is 49.9 Å². The number of benzene rings is 1. The number of nitrogens with two attached hydrogens (primary N) is 1. The smallest absolute Gasteiger partial charge is 0.0377 e. The molecule has 0 amide bonds. The Kier molecular flexibility index (Phi) is 4.24. The molecule has 1 aromatic rings. The zero-order valence-electron chi connectivity index (χ0n) is 9.53. The average molecular weight is 283 g/mol. The second-order valence-corrected chi connectivity index (χ2v) is 5.40. The molecule has 0 radical (unpaired) electrons. The topological polar surface area (TPSA) is 29.3 Å². The van der Waals surface area contributed by atoms with E-state index in [2.05, 4.69) is 45.1 Å². The van der Waals surface area contributed by atoms with Gasteiger partial charge in [-0.15, -0.1) is 0 Å². The van der Waals surface area contributed by atoms with E-state index in [0.717, 1.165) is 16.9 Å². The summed E-state index contributed by atoms with van der Waals surface area (Å²) < 4.78 is 1.16. The molecular weight excluding hydrogens is 264 g/mol. The first kappa shape index (κ1) is 11.9. The Bertz CT molecular complexity index is 332. The minimum absolute atomic E-state index is 0.835. The minimum Gasteiger partial charge on any atom is -0.371 e. The SMILES string of the molecule is NCCC1CCN(c2cccc(Br)c2)CC1. The van der Waals surface area contributed by atoms with E-state index in [-0.39, 0.29) is 0 Å². The fourth-order valence-electron chi connectivity index (χ4n) is 2.39. The fourth-order valence-corrected chi connectivity index (χ4v) is 2.78. The van der Waals surface area contributed by atoms with E-state index in [1.165, 1.54) is 38.0 Å². The zero-order valence-corrected chi connectivity index (χ0v) is 11.1. The van der Waals surface area contributed by atoms with Crippen molar-refractivity contribution < 1.29 is 0 Å². The molecule has 0 saturated carbocycles. The number of hydrogen-bond donors (Lipinski definition) is 1. The molecule has 2 N–H and O–H groups in total. The maximum absolute atomic E-state index is 5.61. The minimum atomic E-state index is 0.835. The van der Waals surface area contributed by atoms with Crippen LogP contribution in [0.4, 0.5) is 5.69 Å². The predicted molar refractivity (Wildman–Crippen MR) is 72.8 cm³/mol. The standard InChI is InChI=1S/C13H19BrN2/c14-12-2-1-3-13(10-12)16-8-5-11(4-7-15)6-9-16/h1-3,10-11H,4-9,15H2. The van der Waals surface area contributed by atoms with Crippen LogP contribution >= 0.6 is 15.9 Å². The molecule has 2 rings (SSSR count). The molecule has 2 nitrogen and oxygen atoms in total. The third-order valence-corrected chi connectivity index (χ3v) is 3.86. The summed E-state index contributed by atoms with van der Waals surface area (Å²) in [5.41, 5.74) is 6.94. The van der Waals surface area contributed by atoms with Gasteiger partial charge in [0.15, 0.2) is 0 Å². The van der Waals surface area contributed by atoms with Crippen molar-refractivity contribution in [3.8, 4) is 0 Å². The molecule has 1 heterocycles. The Balaban J connectivity index is 1.94. The lowest BCUT2D eigenvalue weighted by Crippen LogP contribution is -2.34. The molecule has 0 spiro atoms. The summed E-state index contributed by atoms with van der Waals surface area (Å²) in [6.45, 7) is 3.17. The molecule has 0 atom stereocenters. The van der Waals surface area contributed by atoms with E-state index in [4.69, 9.17) is 5.73 Å². The Morgan fingerprint density at radius 1 is 1.31 bits per heavy atom. The van der Waals surface area contributed by atoms with Crippen molar-refractivity contribution in [2.75, 3.05) is 24.5 Å². The first-order valence-electron chi connectivity index (χ1n) is 6.00. The molecular formula is C13H19BrN2. The van der Waals surface area contributed by atoms with Crippen LogP contribution in [0.3, 0.4) is 0 Å². The lowest BCUT2D eigenvalue weighted by molar-refractivity contribution is 0.386. The summed E-state index contributed by atoms with van der Waals surface area (Å²) in [7, 11) is 0. The van der Waals surface area contributed by atoms with Crippen molar-refractivity contribution in [3.63, 3.8) is 0 Å². The van der Waals surface area contributed by atoms with Crippen molar-refractivity contribution in [1.29, 1.82) is 0 Å². The van der Waals surface area contributed by atoms with E-state index in [9.17, 15) is 0 Å². The summed E-state index contributed by atoms with van der Waals surface area (Å²) >= 11 is 3.52. The number of nitrogens with zero attached hydrogens (tertiary/aromatic N) is 1. The van der Waals surface area contributed by atoms with Crippen LogP contribution in [-0.2, 0) is 0 Å². The van der Waals surface area contributed by atoms with Gasteiger partial charge in [-0.2, -0.15) is 0 Å². The van der Waals surface area contributed by atoms with Crippen LogP contribution in [-0.4, -0.2) is 19.6 Å². The van der Waals surface area contributed by atoms with Gasteiger partial charge in [-0.3, -0.25) is 0 Å². The van der Waals surface area contributed by atoms with Gasteiger partial charge in [-0.1, -0.05) is 22.0 Å². The highest BCUT2D eigenvalue weighted by atomic mass is 79.9. The summed E-state index contributed by atoms with van der Waals surface area (Å²) in [5.74, 6) is 0.841. The van der Waals surface area contributed by atoms with Gasteiger partial charge in [0.05, 0.1) is 0 Å². The van der Waals surface area contributed by atoms with E-state index >= 15 is 0 Å². The van der Waals surface area contributed by atoms with E-state index in [0.29, 0.717) is 0 Å². The maximum atomic E-state index is 5.61. The van der Waals surface area contributed by atoms with Crippen LogP contribution in [0, 0.1) is 5.92 Å². The van der Waals surface area contributed by atoms with Gasteiger partial charge >= 0.3 is 0 Å². The van der Waals surface area contributed by atoms with Crippen LogP contribution in [0.2, 0.25) is 0 Å². The second kappa shape index (κ2) is 5.69. The van der Waals surface area contributed by atoms with E-state index < -0.39 is 0 Å². The number of halogens is 1. The van der Waals surface area contributed by atoms with E-state index in [1.54, 1.807) is 0 Å². The van der Waals surface area contributed by atoms with Crippen LogP contribution in [0.1, 0.15) is 19.3 Å². The third-order valence-electron chi connectivity index (χ3n) is 3.36. The molecule has 1 aliphatic heterocycles. The number of rotatable bonds is 3. The first-order chi connectivity index (χ1) is 7.79. The van der Waals surface area contributed by atoms with Crippen molar-refractivity contribution in [3.05, 3.63) is 28.7 Å². The largest absolute Gasteiger partial charge is 0.371 e. The predicted octanol–water partition coefficient (Wildman–Crippen LogP) is 3.01. The van der Waals surface area contributed by atoms with Gasteiger partial charge in [0.25, 0.3) is 0 Å². The lowest BCUT2D eigenvalue weighted by atomic mass is 9.93. The van der Waals surface area contributed by atoms with Gasteiger partial charge in [0.1, 0.15) is 0 Å². The zero-order chi connectivity index (χ0) is 11.4. The van der Waals surface area contributed by atoms with Crippen molar-refractivity contribution in [2.24, 2.45) is 11.7 Å². The van der Waals surface area contributed by atoms with Crippen LogP contribution in [0.15, 0.2) is 28.7 Å². The van der Waals surface area contributed by atoms with Crippen molar-refractivity contribution in [2.45, 2.75) is 19.3 Å². The summed E-state index contributed by atoms with van der Waals surface area (Å²) in [4.78, 5) is 2.47. The molecule has 0 aromatic heterocycles. The number of anilines is 1. The van der Waals surface area contributed by atoms with Gasteiger partial charge in [-0.25, -0.2) is 0 Å². The molecule has 3 heteroatoms. The molecule has 0 unspecified atom stereocenters. The first-order valence-corrected chi connectivity index (χ1v) is 6.79. The monoisotopic (exact) mass is 282 g/mol. The molecule has 0 aliphatic carbocycles. The molecule has 1 aliphatic rings. The Morgan fingerprint density at radius 3 is 2.69 bits per heavy atom. The highest BCUT2D eigenvalue weighted by Gasteiger charge is 2.18.